The van der Waals surface area contributed by atoms with E-state index in [4.69, 9.17) is 11.6 Å². The van der Waals surface area contributed by atoms with E-state index in [-0.39, 0.29) is 23.5 Å². The highest BCUT2D eigenvalue weighted by Gasteiger charge is 2.15. The minimum Gasteiger partial charge on any atom is -0.326 e. The van der Waals surface area contributed by atoms with E-state index >= 15 is 0 Å². The quantitative estimate of drug-likeness (QED) is 0.301. The Morgan fingerprint density at radius 3 is 2.40 bits per heavy atom. The van der Waals surface area contributed by atoms with Crippen molar-refractivity contribution >= 4 is 46.4 Å². The molecular formula is C19H18ClN5O5. The zero-order valence-electron chi connectivity index (χ0n) is 15.8. The van der Waals surface area contributed by atoms with E-state index in [0.717, 1.165) is 5.56 Å². The summed E-state index contributed by atoms with van der Waals surface area (Å²) in [6.07, 6.45) is -0.252. The number of nitrogens with one attached hydrogen (secondary N) is 4. The number of rotatable bonds is 7. The molecule has 10 nitrogen and oxygen atoms in total. The summed E-state index contributed by atoms with van der Waals surface area (Å²) in [5.74, 6) is -2.48. The van der Waals surface area contributed by atoms with Crippen molar-refractivity contribution in [3.05, 3.63) is 75.4 Å². The van der Waals surface area contributed by atoms with E-state index < -0.39 is 22.6 Å². The lowest BCUT2D eigenvalue weighted by Gasteiger charge is -2.11. The molecule has 3 amide bonds. The monoisotopic (exact) mass is 431 g/mol. The Labute approximate surface area is 176 Å². The van der Waals surface area contributed by atoms with Gasteiger partial charge in [-0.3, -0.25) is 29.9 Å². The number of nitro benzene ring substituents is 1. The van der Waals surface area contributed by atoms with Gasteiger partial charge in [0.1, 0.15) is 0 Å². The zero-order valence-corrected chi connectivity index (χ0v) is 16.6. The number of halogens is 1. The Morgan fingerprint density at radius 1 is 1.03 bits per heavy atom. The molecule has 0 aromatic heterocycles. The van der Waals surface area contributed by atoms with E-state index in [0.29, 0.717) is 10.7 Å². The zero-order chi connectivity index (χ0) is 22.3. The fourth-order valence-electron chi connectivity index (χ4n) is 2.20. The number of amides is 3. The predicted molar refractivity (Wildman–Crippen MR) is 112 cm³/mol. The lowest BCUT2D eigenvalue weighted by Crippen LogP contribution is -2.43. The third kappa shape index (κ3) is 6.60. The maximum atomic E-state index is 12.0. The van der Waals surface area contributed by atoms with Crippen LogP contribution in [-0.4, -0.2) is 22.6 Å². The summed E-state index contributed by atoms with van der Waals surface area (Å²) >= 11 is 5.96. The first-order valence-corrected chi connectivity index (χ1v) is 8.89. The number of nitrogens with zero attached hydrogens (tertiary/aromatic N) is 1. The van der Waals surface area contributed by atoms with E-state index in [1.807, 2.05) is 0 Å². The second-order valence-corrected chi connectivity index (χ2v) is 6.54. The molecule has 0 radical (unpaired) electrons. The average molecular weight is 432 g/mol. The van der Waals surface area contributed by atoms with Crippen LogP contribution in [0.4, 0.5) is 17.1 Å². The molecule has 0 unspecified atom stereocenters. The van der Waals surface area contributed by atoms with Crippen LogP contribution in [0.2, 0.25) is 5.02 Å². The van der Waals surface area contributed by atoms with Crippen molar-refractivity contribution in [1.29, 1.82) is 0 Å². The molecule has 2 rings (SSSR count). The van der Waals surface area contributed by atoms with Crippen molar-refractivity contribution in [3.63, 3.8) is 0 Å². The molecule has 0 atom stereocenters. The summed E-state index contributed by atoms with van der Waals surface area (Å²) in [5.41, 5.74) is 5.82. The molecule has 4 N–H and O–H groups in total. The molecule has 0 heterocycles. The number of carbonyl (C=O) groups excluding carboxylic acids is 3. The van der Waals surface area contributed by atoms with Crippen molar-refractivity contribution in [2.45, 2.75) is 13.3 Å². The van der Waals surface area contributed by atoms with Crippen LogP contribution in [0.3, 0.4) is 0 Å². The number of hydrogen-bond donors (Lipinski definition) is 4. The smallest absolute Gasteiger partial charge is 0.326 e. The maximum absolute atomic E-state index is 12.0. The fourth-order valence-corrected chi connectivity index (χ4v) is 2.38. The lowest BCUT2D eigenvalue weighted by molar-refractivity contribution is -0.384. The van der Waals surface area contributed by atoms with Crippen LogP contribution in [0, 0.1) is 17.0 Å². The van der Waals surface area contributed by atoms with Crippen LogP contribution >= 0.6 is 11.6 Å². The van der Waals surface area contributed by atoms with Crippen molar-refractivity contribution in [3.8, 4) is 0 Å². The van der Waals surface area contributed by atoms with Gasteiger partial charge in [-0.05, 0) is 30.7 Å². The average Bonchev–Trinajstić information content (AvgIpc) is 2.68. The second-order valence-electron chi connectivity index (χ2n) is 6.13. The van der Waals surface area contributed by atoms with E-state index in [1.54, 1.807) is 19.1 Å². The van der Waals surface area contributed by atoms with Gasteiger partial charge in [0.25, 0.3) is 5.69 Å². The number of non-ortho nitro benzene ring substituents is 1. The topological polar surface area (TPSA) is 142 Å². The van der Waals surface area contributed by atoms with Gasteiger partial charge in [0.05, 0.1) is 11.3 Å². The van der Waals surface area contributed by atoms with Gasteiger partial charge in [-0.1, -0.05) is 30.3 Å². The van der Waals surface area contributed by atoms with Gasteiger partial charge >= 0.3 is 11.8 Å². The van der Waals surface area contributed by atoms with Gasteiger partial charge in [-0.15, -0.1) is 0 Å². The molecule has 0 bridgehead atoms. The molecule has 156 valence electrons. The van der Waals surface area contributed by atoms with Crippen molar-refractivity contribution in [2.75, 3.05) is 10.6 Å². The SMILES string of the molecule is C=C(CC(=O)Nc1cccc([N+](=O)[O-])c1)NNC(=O)C(=O)Nc1ccc(C)c(Cl)c1. The summed E-state index contributed by atoms with van der Waals surface area (Å²) in [5, 5.41) is 16.1. The molecule has 0 aliphatic heterocycles. The summed E-state index contributed by atoms with van der Waals surface area (Å²) in [6.45, 7) is 5.37. The molecule has 0 spiro atoms. The van der Waals surface area contributed by atoms with Crippen LogP contribution in [0.5, 0.6) is 0 Å². The third-order valence-corrected chi connectivity index (χ3v) is 4.11. The number of nitro groups is 1. The minimum absolute atomic E-state index is 0.0949. The van der Waals surface area contributed by atoms with Crippen LogP contribution < -0.4 is 21.5 Å². The van der Waals surface area contributed by atoms with Crippen LogP contribution in [0.1, 0.15) is 12.0 Å². The van der Waals surface area contributed by atoms with E-state index in [1.165, 1.54) is 30.3 Å². The number of benzene rings is 2. The molecule has 0 aliphatic carbocycles. The molecule has 0 fully saturated rings. The largest absolute Gasteiger partial charge is 0.327 e. The van der Waals surface area contributed by atoms with Gasteiger partial charge in [-0.25, -0.2) is 0 Å². The van der Waals surface area contributed by atoms with Crippen LogP contribution in [0.15, 0.2) is 54.7 Å². The first-order valence-electron chi connectivity index (χ1n) is 8.51. The highest BCUT2D eigenvalue weighted by atomic mass is 35.5. The summed E-state index contributed by atoms with van der Waals surface area (Å²) in [6, 6.07) is 10.2. The molecule has 0 saturated heterocycles. The van der Waals surface area contributed by atoms with Gasteiger partial charge < -0.3 is 16.1 Å². The van der Waals surface area contributed by atoms with Crippen LogP contribution in [0.25, 0.3) is 0 Å². The summed E-state index contributed by atoms with van der Waals surface area (Å²) < 4.78 is 0. The lowest BCUT2D eigenvalue weighted by atomic mass is 10.2. The molecule has 0 aliphatic rings. The van der Waals surface area contributed by atoms with Gasteiger partial charge in [0, 0.05) is 34.2 Å². The van der Waals surface area contributed by atoms with Gasteiger partial charge in [-0.2, -0.15) is 0 Å². The van der Waals surface area contributed by atoms with Crippen molar-refractivity contribution in [2.24, 2.45) is 0 Å². The molecule has 2 aromatic rings. The molecule has 0 saturated carbocycles. The third-order valence-electron chi connectivity index (χ3n) is 3.70. The predicted octanol–water partition coefficient (Wildman–Crippen LogP) is 2.66. The maximum Gasteiger partial charge on any atom is 0.327 e. The number of aryl methyl sites for hydroxylation is 1. The van der Waals surface area contributed by atoms with Crippen LogP contribution in [-0.2, 0) is 14.4 Å². The summed E-state index contributed by atoms with van der Waals surface area (Å²) in [4.78, 5) is 45.9. The number of hydrogen-bond acceptors (Lipinski definition) is 6. The first kappa shape index (κ1) is 22.4. The second kappa shape index (κ2) is 10.0. The highest BCUT2D eigenvalue weighted by Crippen LogP contribution is 2.20. The minimum atomic E-state index is -1.01. The Hall–Kier alpha value is -3.92. The normalized spacial score (nSPS) is 9.93. The molecule has 30 heavy (non-hydrogen) atoms. The van der Waals surface area contributed by atoms with E-state index in [2.05, 4.69) is 28.1 Å². The fraction of sp³-hybridized carbons (Fsp3) is 0.105. The molecular weight excluding hydrogens is 414 g/mol. The molecule has 11 heteroatoms. The van der Waals surface area contributed by atoms with Gasteiger partial charge in [0.2, 0.25) is 5.91 Å². The highest BCUT2D eigenvalue weighted by molar-refractivity contribution is 6.39. The Morgan fingerprint density at radius 2 is 1.73 bits per heavy atom. The first-order chi connectivity index (χ1) is 14.2. The van der Waals surface area contributed by atoms with Crippen molar-refractivity contribution < 1.29 is 19.3 Å². The van der Waals surface area contributed by atoms with Gasteiger partial charge in [0.15, 0.2) is 0 Å². The van der Waals surface area contributed by atoms with E-state index in [9.17, 15) is 24.5 Å². The Kier molecular flexibility index (Phi) is 7.48. The number of anilines is 2. The Bertz CT molecular complexity index is 1020. The standard InChI is InChI=1S/C19H18ClN5O5/c1-11-6-7-14(10-16(11)20)22-18(27)19(28)24-23-12(2)8-17(26)21-13-4-3-5-15(9-13)25(29)30/h3-7,9-10,23H,2,8H2,1H3,(H,21,26)(H,22,27)(H,24,28). The Balaban J connectivity index is 1.80. The number of carbonyl (C=O) groups is 3. The summed E-state index contributed by atoms with van der Waals surface area (Å²) in [7, 11) is 0. The van der Waals surface area contributed by atoms with Crippen molar-refractivity contribution in [1.82, 2.24) is 10.9 Å². The number of hydrazine groups is 1. The molecule has 2 aromatic carbocycles.